The normalized spacial score (nSPS) is 12.6. The summed E-state index contributed by atoms with van der Waals surface area (Å²) in [5, 5.41) is 2.23. The molecule has 1 unspecified atom stereocenters. The number of pyridine rings is 1. The number of nitrogens with zero attached hydrogens (tertiary/aromatic N) is 3. The topological polar surface area (TPSA) is 42.7 Å². The molecule has 0 aliphatic heterocycles. The van der Waals surface area contributed by atoms with Crippen LogP contribution in [0.25, 0.3) is 21.8 Å². The minimum absolute atomic E-state index is 0.197. The first-order valence-corrected chi connectivity index (χ1v) is 7.34. The fourth-order valence-electron chi connectivity index (χ4n) is 2.77. The number of benzene rings is 2. The van der Waals surface area contributed by atoms with E-state index in [1.54, 1.807) is 6.20 Å². The molecule has 0 radical (unpaired) electrons. The molecule has 0 fully saturated rings. The summed E-state index contributed by atoms with van der Waals surface area (Å²) < 4.78 is 1.99. The van der Waals surface area contributed by atoms with Gasteiger partial charge < -0.3 is 5.43 Å². The van der Waals surface area contributed by atoms with Crippen molar-refractivity contribution < 1.29 is 0 Å². The third-order valence-corrected chi connectivity index (χ3v) is 3.97. The predicted octanol–water partition coefficient (Wildman–Crippen LogP) is 3.89. The third kappa shape index (κ3) is 2.09. The molecular weight excluding hydrogens is 272 g/mol. The van der Waals surface area contributed by atoms with Crippen molar-refractivity contribution in [2.24, 2.45) is 0 Å². The van der Waals surface area contributed by atoms with Crippen molar-refractivity contribution >= 4 is 21.8 Å². The van der Waals surface area contributed by atoms with Crippen LogP contribution in [0, 0.1) is 0 Å². The van der Waals surface area contributed by atoms with E-state index in [1.807, 2.05) is 29.3 Å². The maximum absolute atomic E-state index is 4.55. The lowest BCUT2D eigenvalue weighted by atomic mass is 10.1. The Morgan fingerprint density at radius 3 is 2.77 bits per heavy atom. The fraction of sp³-hybridized carbons (Fsp3) is 0.111. The van der Waals surface area contributed by atoms with Gasteiger partial charge in [0.2, 0.25) is 0 Å². The average molecular weight is 288 g/mol. The maximum atomic E-state index is 4.55. The molecule has 2 heterocycles. The quantitative estimate of drug-likeness (QED) is 0.622. The second kappa shape index (κ2) is 5.15. The van der Waals surface area contributed by atoms with Gasteiger partial charge in [-0.05, 0) is 30.0 Å². The van der Waals surface area contributed by atoms with Crippen LogP contribution in [0.15, 0.2) is 67.3 Å². The number of imidazole rings is 1. The lowest BCUT2D eigenvalue weighted by Crippen LogP contribution is -2.17. The molecule has 0 spiro atoms. The summed E-state index contributed by atoms with van der Waals surface area (Å²) in [5.74, 6) is 0. The predicted molar refractivity (Wildman–Crippen MR) is 89.3 cm³/mol. The van der Waals surface area contributed by atoms with Crippen LogP contribution in [-0.2, 0) is 0 Å². The molecule has 4 aromatic rings. The number of nitrogens with one attached hydrogen (secondary N) is 1. The highest BCUT2D eigenvalue weighted by Gasteiger charge is 2.09. The number of hydrogen-bond acceptors (Lipinski definition) is 3. The summed E-state index contributed by atoms with van der Waals surface area (Å²) in [6, 6.07) is 16.8. The van der Waals surface area contributed by atoms with Gasteiger partial charge in [-0.25, -0.2) is 9.66 Å². The van der Waals surface area contributed by atoms with Gasteiger partial charge in [0, 0.05) is 17.8 Å². The van der Waals surface area contributed by atoms with Crippen molar-refractivity contribution in [3.8, 4) is 0 Å². The van der Waals surface area contributed by atoms with Crippen LogP contribution < -0.4 is 5.43 Å². The van der Waals surface area contributed by atoms with Gasteiger partial charge in [0.05, 0.1) is 17.1 Å². The molecule has 0 aliphatic carbocycles. The Bertz CT molecular complexity index is 928. The summed E-state index contributed by atoms with van der Waals surface area (Å²) in [6.07, 6.45) is 5.51. The molecule has 4 rings (SSSR count). The van der Waals surface area contributed by atoms with Crippen LogP contribution in [0.1, 0.15) is 18.5 Å². The van der Waals surface area contributed by atoms with Crippen molar-refractivity contribution in [1.29, 1.82) is 0 Å². The van der Waals surface area contributed by atoms with Crippen LogP contribution in [0.5, 0.6) is 0 Å². The van der Waals surface area contributed by atoms with Crippen LogP contribution in [0.4, 0.5) is 0 Å². The molecule has 1 atom stereocenters. The summed E-state index contributed by atoms with van der Waals surface area (Å²) in [6.45, 7) is 2.14. The van der Waals surface area contributed by atoms with Crippen molar-refractivity contribution in [2.75, 3.05) is 5.43 Å². The average Bonchev–Trinajstić information content (AvgIpc) is 2.99. The Kier molecular flexibility index (Phi) is 3.00. The molecule has 0 saturated carbocycles. The highest BCUT2D eigenvalue weighted by Crippen LogP contribution is 2.23. The zero-order valence-electron chi connectivity index (χ0n) is 12.3. The Morgan fingerprint density at radius 2 is 1.91 bits per heavy atom. The SMILES string of the molecule is CC(Nn1cnc2c3cnccc3ccc21)c1ccccc1. The van der Waals surface area contributed by atoms with Crippen LogP contribution in [0.2, 0.25) is 0 Å². The van der Waals surface area contributed by atoms with Gasteiger partial charge in [-0.1, -0.05) is 36.4 Å². The number of aromatic nitrogens is 3. The maximum Gasteiger partial charge on any atom is 0.115 e. The molecule has 4 heteroatoms. The number of fused-ring (bicyclic) bond motifs is 3. The molecule has 1 N–H and O–H groups in total. The van der Waals surface area contributed by atoms with Crippen molar-refractivity contribution in [2.45, 2.75) is 13.0 Å². The minimum atomic E-state index is 0.197. The van der Waals surface area contributed by atoms with Gasteiger partial charge in [0.25, 0.3) is 0 Å². The molecule has 2 aromatic heterocycles. The highest BCUT2D eigenvalue weighted by atomic mass is 15.4. The van der Waals surface area contributed by atoms with Crippen LogP contribution >= 0.6 is 0 Å². The Morgan fingerprint density at radius 1 is 1.05 bits per heavy atom. The first-order chi connectivity index (χ1) is 10.8. The largest absolute Gasteiger partial charge is 0.317 e. The van der Waals surface area contributed by atoms with E-state index in [0.717, 1.165) is 21.8 Å². The fourth-order valence-corrected chi connectivity index (χ4v) is 2.77. The zero-order valence-corrected chi connectivity index (χ0v) is 12.3. The van der Waals surface area contributed by atoms with Crippen molar-refractivity contribution in [3.05, 3.63) is 72.8 Å². The van der Waals surface area contributed by atoms with Gasteiger partial charge in [-0.15, -0.1) is 0 Å². The van der Waals surface area contributed by atoms with Crippen molar-refractivity contribution in [1.82, 2.24) is 14.6 Å². The van der Waals surface area contributed by atoms with E-state index in [1.165, 1.54) is 5.56 Å². The van der Waals surface area contributed by atoms with Gasteiger partial charge in [-0.2, -0.15) is 0 Å². The summed E-state index contributed by atoms with van der Waals surface area (Å²) >= 11 is 0. The molecule has 2 aromatic carbocycles. The van der Waals surface area contributed by atoms with E-state index >= 15 is 0 Å². The van der Waals surface area contributed by atoms with Gasteiger partial charge >= 0.3 is 0 Å². The summed E-state index contributed by atoms with van der Waals surface area (Å²) in [7, 11) is 0. The van der Waals surface area contributed by atoms with E-state index in [4.69, 9.17) is 0 Å². The molecule has 22 heavy (non-hydrogen) atoms. The van der Waals surface area contributed by atoms with Gasteiger partial charge in [0.1, 0.15) is 6.33 Å². The van der Waals surface area contributed by atoms with E-state index in [-0.39, 0.29) is 6.04 Å². The Hall–Kier alpha value is -2.88. The molecule has 108 valence electrons. The lowest BCUT2D eigenvalue weighted by Gasteiger charge is -2.17. The Balaban J connectivity index is 1.75. The molecule has 0 saturated heterocycles. The Labute approximate surface area is 128 Å². The van der Waals surface area contributed by atoms with E-state index in [9.17, 15) is 0 Å². The second-order valence-electron chi connectivity index (χ2n) is 5.41. The molecule has 0 amide bonds. The zero-order chi connectivity index (χ0) is 14.9. The molecular formula is C18H16N4. The van der Waals surface area contributed by atoms with Gasteiger partial charge in [-0.3, -0.25) is 4.98 Å². The van der Waals surface area contributed by atoms with E-state index < -0.39 is 0 Å². The van der Waals surface area contributed by atoms with E-state index in [0.29, 0.717) is 0 Å². The minimum Gasteiger partial charge on any atom is -0.317 e. The summed E-state index contributed by atoms with van der Waals surface area (Å²) in [4.78, 5) is 8.77. The lowest BCUT2D eigenvalue weighted by molar-refractivity contribution is 0.738. The first-order valence-electron chi connectivity index (χ1n) is 7.34. The van der Waals surface area contributed by atoms with Crippen molar-refractivity contribution in [3.63, 3.8) is 0 Å². The standard InChI is InChI=1S/C18H16N4/c1-13(14-5-3-2-4-6-14)21-22-12-20-18-16-11-19-10-9-15(16)7-8-17(18)22/h2-13,21H,1H3. The first kappa shape index (κ1) is 12.8. The van der Waals surface area contributed by atoms with Gasteiger partial charge in [0.15, 0.2) is 0 Å². The molecule has 0 aliphatic rings. The number of hydrogen-bond donors (Lipinski definition) is 1. The summed E-state index contributed by atoms with van der Waals surface area (Å²) in [5.41, 5.74) is 6.75. The molecule has 4 nitrogen and oxygen atoms in total. The third-order valence-electron chi connectivity index (χ3n) is 3.97. The molecule has 0 bridgehead atoms. The van der Waals surface area contributed by atoms with Crippen LogP contribution in [-0.4, -0.2) is 14.6 Å². The highest BCUT2D eigenvalue weighted by molar-refractivity contribution is 6.03. The smallest absolute Gasteiger partial charge is 0.115 e. The van der Waals surface area contributed by atoms with E-state index in [2.05, 4.69) is 58.7 Å². The number of rotatable bonds is 3. The van der Waals surface area contributed by atoms with Crippen LogP contribution in [0.3, 0.4) is 0 Å². The second-order valence-corrected chi connectivity index (χ2v) is 5.41. The monoisotopic (exact) mass is 288 g/mol.